The minimum atomic E-state index is 0.546. The zero-order valence-electron chi connectivity index (χ0n) is 12.9. The van der Waals surface area contributed by atoms with E-state index in [1.54, 1.807) is 0 Å². The van der Waals surface area contributed by atoms with Crippen LogP contribution in [-0.4, -0.2) is 50.7 Å². The predicted octanol–water partition coefficient (Wildman–Crippen LogP) is 2.03. The van der Waals surface area contributed by atoms with Crippen molar-refractivity contribution in [3.8, 4) is 0 Å². The van der Waals surface area contributed by atoms with E-state index in [0.29, 0.717) is 12.1 Å². The summed E-state index contributed by atoms with van der Waals surface area (Å²) in [6.07, 6.45) is 0. The summed E-state index contributed by atoms with van der Waals surface area (Å²) in [4.78, 5) is 4.84. The summed E-state index contributed by atoms with van der Waals surface area (Å²) >= 11 is 0. The molecule has 1 heterocycles. The first kappa shape index (κ1) is 14.4. The summed E-state index contributed by atoms with van der Waals surface area (Å²) in [5.41, 5.74) is 4.20. The van der Waals surface area contributed by atoms with E-state index in [1.165, 1.54) is 16.8 Å². The second kappa shape index (κ2) is 5.93. The Kier molecular flexibility index (Phi) is 4.48. The van der Waals surface area contributed by atoms with Crippen molar-refractivity contribution >= 4 is 5.69 Å². The highest BCUT2D eigenvalue weighted by Gasteiger charge is 2.26. The average molecular weight is 261 g/mol. The topological polar surface area (TPSA) is 18.5 Å². The molecule has 0 saturated carbocycles. The first-order chi connectivity index (χ1) is 8.99. The lowest BCUT2D eigenvalue weighted by Crippen LogP contribution is -2.58. The number of hydrogen-bond acceptors (Lipinski definition) is 3. The number of piperazine rings is 1. The van der Waals surface area contributed by atoms with Crippen LogP contribution in [0.5, 0.6) is 0 Å². The van der Waals surface area contributed by atoms with E-state index in [1.807, 2.05) is 0 Å². The molecule has 1 saturated heterocycles. The summed E-state index contributed by atoms with van der Waals surface area (Å²) < 4.78 is 0. The maximum absolute atomic E-state index is 3.66. The number of benzene rings is 1. The van der Waals surface area contributed by atoms with E-state index in [9.17, 15) is 0 Å². The lowest BCUT2D eigenvalue weighted by Gasteiger charge is -2.42. The third kappa shape index (κ3) is 3.28. The summed E-state index contributed by atoms with van der Waals surface area (Å²) in [7, 11) is 4.28. The third-order valence-electron chi connectivity index (χ3n) is 3.96. The average Bonchev–Trinajstić information content (AvgIpc) is 2.32. The van der Waals surface area contributed by atoms with Crippen LogP contribution in [0.1, 0.15) is 18.1 Å². The Morgan fingerprint density at radius 1 is 1.26 bits per heavy atom. The summed E-state index contributed by atoms with van der Waals surface area (Å²) in [6.45, 7) is 9.99. The molecule has 1 aromatic carbocycles. The van der Waals surface area contributed by atoms with Gasteiger partial charge in [0, 0.05) is 37.4 Å². The molecule has 1 aromatic rings. The second-order valence-electron chi connectivity index (χ2n) is 6.11. The summed E-state index contributed by atoms with van der Waals surface area (Å²) in [6, 6.07) is 7.69. The van der Waals surface area contributed by atoms with Crippen LogP contribution < -0.4 is 10.2 Å². The van der Waals surface area contributed by atoms with Crippen molar-refractivity contribution in [2.24, 2.45) is 0 Å². The van der Waals surface area contributed by atoms with Gasteiger partial charge < -0.3 is 15.1 Å². The van der Waals surface area contributed by atoms with Crippen molar-refractivity contribution in [2.45, 2.75) is 32.9 Å². The molecular formula is C16H27N3. The van der Waals surface area contributed by atoms with Crippen molar-refractivity contribution < 1.29 is 0 Å². The van der Waals surface area contributed by atoms with Gasteiger partial charge in [0.25, 0.3) is 0 Å². The largest absolute Gasteiger partial charge is 0.366 e. The molecule has 0 radical (unpaired) electrons. The van der Waals surface area contributed by atoms with E-state index in [2.05, 4.69) is 68.2 Å². The molecule has 1 aliphatic heterocycles. The normalized spacial score (nSPS) is 24.0. The number of hydrogen-bond donors (Lipinski definition) is 1. The fourth-order valence-electron chi connectivity index (χ4n) is 3.06. The van der Waals surface area contributed by atoms with E-state index in [-0.39, 0.29) is 0 Å². The van der Waals surface area contributed by atoms with Gasteiger partial charge in [-0.25, -0.2) is 0 Å². The number of aryl methyl sites for hydroxylation is 2. The lowest BCUT2D eigenvalue weighted by atomic mass is 10.0. The Labute approximate surface area is 117 Å². The molecule has 19 heavy (non-hydrogen) atoms. The number of rotatable bonds is 3. The molecule has 0 bridgehead atoms. The van der Waals surface area contributed by atoms with Gasteiger partial charge in [-0.1, -0.05) is 18.2 Å². The van der Waals surface area contributed by atoms with E-state index >= 15 is 0 Å². The van der Waals surface area contributed by atoms with Gasteiger partial charge >= 0.3 is 0 Å². The highest BCUT2D eigenvalue weighted by molar-refractivity contribution is 5.60. The minimum absolute atomic E-state index is 0.546. The number of likely N-dealkylation sites (N-methyl/N-ethyl adjacent to an activating group) is 1. The van der Waals surface area contributed by atoms with Gasteiger partial charge in [0.2, 0.25) is 0 Å². The summed E-state index contributed by atoms with van der Waals surface area (Å²) in [5.74, 6) is 0. The molecular weight excluding hydrogens is 234 g/mol. The smallest absolute Gasteiger partial charge is 0.0429 e. The molecule has 1 N–H and O–H groups in total. The van der Waals surface area contributed by atoms with Gasteiger partial charge in [-0.15, -0.1) is 0 Å². The number of nitrogens with zero attached hydrogens (tertiary/aromatic N) is 2. The van der Waals surface area contributed by atoms with Gasteiger partial charge in [-0.3, -0.25) is 0 Å². The van der Waals surface area contributed by atoms with Gasteiger partial charge in [-0.05, 0) is 46.0 Å². The Morgan fingerprint density at radius 2 is 1.89 bits per heavy atom. The molecule has 0 amide bonds. The molecule has 0 aromatic heterocycles. The highest BCUT2D eigenvalue weighted by atomic mass is 15.3. The number of para-hydroxylation sites is 1. The van der Waals surface area contributed by atoms with Gasteiger partial charge in [0.1, 0.15) is 0 Å². The SMILES string of the molecule is Cc1cccc(C)c1N1CC(CN(C)C)NCC1C. The van der Waals surface area contributed by atoms with Gasteiger partial charge in [-0.2, -0.15) is 0 Å². The van der Waals surface area contributed by atoms with Gasteiger partial charge in [0.15, 0.2) is 0 Å². The molecule has 1 fully saturated rings. The highest BCUT2D eigenvalue weighted by Crippen LogP contribution is 2.27. The van der Waals surface area contributed by atoms with Crippen LogP contribution >= 0.6 is 0 Å². The third-order valence-corrected chi connectivity index (χ3v) is 3.96. The zero-order valence-corrected chi connectivity index (χ0v) is 12.9. The molecule has 2 rings (SSSR count). The minimum Gasteiger partial charge on any atom is -0.366 e. The Hall–Kier alpha value is -1.06. The maximum atomic E-state index is 3.66. The fraction of sp³-hybridized carbons (Fsp3) is 0.625. The van der Waals surface area contributed by atoms with Crippen molar-refractivity contribution in [1.29, 1.82) is 0 Å². The van der Waals surface area contributed by atoms with E-state index < -0.39 is 0 Å². The number of anilines is 1. The second-order valence-corrected chi connectivity index (χ2v) is 6.11. The molecule has 0 aliphatic carbocycles. The van der Waals surface area contributed by atoms with Crippen LogP contribution in [0.15, 0.2) is 18.2 Å². The monoisotopic (exact) mass is 261 g/mol. The molecule has 3 heteroatoms. The van der Waals surface area contributed by atoms with Crippen molar-refractivity contribution in [1.82, 2.24) is 10.2 Å². The molecule has 2 atom stereocenters. The molecule has 0 spiro atoms. The molecule has 1 aliphatic rings. The Morgan fingerprint density at radius 3 is 2.47 bits per heavy atom. The van der Waals surface area contributed by atoms with Crippen LogP contribution in [-0.2, 0) is 0 Å². The number of nitrogens with one attached hydrogen (secondary N) is 1. The van der Waals surface area contributed by atoms with Crippen molar-refractivity contribution in [3.05, 3.63) is 29.3 Å². The fourth-order valence-corrected chi connectivity index (χ4v) is 3.06. The zero-order chi connectivity index (χ0) is 14.0. The van der Waals surface area contributed by atoms with Crippen LogP contribution in [0.25, 0.3) is 0 Å². The van der Waals surface area contributed by atoms with Crippen molar-refractivity contribution in [3.63, 3.8) is 0 Å². The van der Waals surface area contributed by atoms with Crippen LogP contribution in [0, 0.1) is 13.8 Å². The first-order valence-electron chi connectivity index (χ1n) is 7.20. The van der Waals surface area contributed by atoms with Crippen LogP contribution in [0.3, 0.4) is 0 Å². The van der Waals surface area contributed by atoms with E-state index in [4.69, 9.17) is 0 Å². The Bertz CT molecular complexity index is 408. The van der Waals surface area contributed by atoms with Crippen LogP contribution in [0.4, 0.5) is 5.69 Å². The summed E-state index contributed by atoms with van der Waals surface area (Å²) in [5, 5.41) is 3.66. The predicted molar refractivity (Wildman–Crippen MR) is 83.1 cm³/mol. The first-order valence-corrected chi connectivity index (χ1v) is 7.20. The van der Waals surface area contributed by atoms with Crippen molar-refractivity contribution in [2.75, 3.05) is 38.6 Å². The van der Waals surface area contributed by atoms with E-state index in [0.717, 1.165) is 19.6 Å². The lowest BCUT2D eigenvalue weighted by molar-refractivity contribution is 0.306. The van der Waals surface area contributed by atoms with Gasteiger partial charge in [0.05, 0.1) is 0 Å². The maximum Gasteiger partial charge on any atom is 0.0429 e. The molecule has 106 valence electrons. The molecule has 3 nitrogen and oxygen atoms in total. The quantitative estimate of drug-likeness (QED) is 0.898. The Balaban J connectivity index is 2.21. The molecule has 2 unspecified atom stereocenters. The van der Waals surface area contributed by atoms with Crippen LogP contribution in [0.2, 0.25) is 0 Å². The standard InChI is InChI=1S/C16H27N3/c1-12-7-6-8-13(2)16(12)19-11-15(10-18(4)5)17-9-14(19)3/h6-8,14-15,17H,9-11H2,1-5H3.